The summed E-state index contributed by atoms with van der Waals surface area (Å²) in [6.45, 7) is 8.43. The molecule has 7 nitrogen and oxygen atoms in total. The zero-order chi connectivity index (χ0) is 18.5. The summed E-state index contributed by atoms with van der Waals surface area (Å²) in [5.41, 5.74) is 1.00. The van der Waals surface area contributed by atoms with E-state index in [9.17, 15) is 4.79 Å². The Morgan fingerprint density at radius 2 is 2.19 bits per heavy atom. The Balaban J connectivity index is 1.63. The summed E-state index contributed by atoms with van der Waals surface area (Å²) in [5.74, 6) is 1.88. The van der Waals surface area contributed by atoms with Crippen LogP contribution >= 0.6 is 23.1 Å². The number of tetrazole rings is 1. The van der Waals surface area contributed by atoms with E-state index in [2.05, 4.69) is 48.2 Å². The molecule has 0 unspecified atom stereocenters. The number of H-pyrrole nitrogens is 1. The van der Waals surface area contributed by atoms with E-state index in [1.165, 1.54) is 22.2 Å². The van der Waals surface area contributed by atoms with Crippen LogP contribution in [0.15, 0.2) is 9.95 Å². The number of hydrogen-bond donors (Lipinski definition) is 1. The van der Waals surface area contributed by atoms with Gasteiger partial charge >= 0.3 is 0 Å². The Kier molecular flexibility index (Phi) is 4.38. The van der Waals surface area contributed by atoms with E-state index in [0.29, 0.717) is 17.5 Å². The van der Waals surface area contributed by atoms with E-state index in [-0.39, 0.29) is 11.1 Å². The van der Waals surface area contributed by atoms with Crippen molar-refractivity contribution in [2.24, 2.45) is 5.92 Å². The van der Waals surface area contributed by atoms with E-state index in [1.807, 2.05) is 0 Å². The number of thiophene rings is 1. The van der Waals surface area contributed by atoms with Crippen molar-refractivity contribution in [1.29, 1.82) is 0 Å². The van der Waals surface area contributed by atoms with Gasteiger partial charge in [0.15, 0.2) is 0 Å². The molecule has 0 spiro atoms. The third-order valence-corrected chi connectivity index (χ3v) is 6.71. The second kappa shape index (κ2) is 6.45. The van der Waals surface area contributed by atoms with E-state index in [0.717, 1.165) is 34.6 Å². The minimum absolute atomic E-state index is 0.0203. The molecule has 0 saturated heterocycles. The van der Waals surface area contributed by atoms with Gasteiger partial charge in [-0.3, -0.25) is 4.79 Å². The van der Waals surface area contributed by atoms with Crippen LogP contribution in [0.4, 0.5) is 0 Å². The molecule has 3 aromatic heterocycles. The molecule has 26 heavy (non-hydrogen) atoms. The topological polar surface area (TPSA) is 89.3 Å². The van der Waals surface area contributed by atoms with Crippen molar-refractivity contribution in [2.45, 2.75) is 63.4 Å². The lowest BCUT2D eigenvalue weighted by Gasteiger charge is -2.19. The number of nitrogens with one attached hydrogen (secondary N) is 1. The van der Waals surface area contributed by atoms with Crippen molar-refractivity contribution in [2.75, 3.05) is 0 Å². The smallest absolute Gasteiger partial charge is 0.259 e. The van der Waals surface area contributed by atoms with E-state index >= 15 is 0 Å². The first-order chi connectivity index (χ1) is 12.3. The average Bonchev–Trinajstić information content (AvgIpc) is 3.15. The lowest BCUT2D eigenvalue weighted by Crippen LogP contribution is -2.24. The molecule has 9 heteroatoms. The first kappa shape index (κ1) is 17.7. The minimum Gasteiger partial charge on any atom is -0.309 e. The van der Waals surface area contributed by atoms with Gasteiger partial charge in [0.2, 0.25) is 5.16 Å². The zero-order valence-corrected chi connectivity index (χ0v) is 17.0. The molecule has 138 valence electrons. The first-order valence-corrected chi connectivity index (χ1v) is 10.6. The summed E-state index contributed by atoms with van der Waals surface area (Å²) in [6.07, 6.45) is 3.18. The molecule has 0 fully saturated rings. The summed E-state index contributed by atoms with van der Waals surface area (Å²) in [7, 11) is 0. The van der Waals surface area contributed by atoms with Gasteiger partial charge < -0.3 is 4.98 Å². The molecule has 0 bridgehead atoms. The SMILES string of the molecule is C[C@H]1CCc2c(sc3nc(CSc4nnnn4C(C)(C)C)[nH]c(=O)c23)C1. The van der Waals surface area contributed by atoms with Crippen LogP contribution in [0.1, 0.15) is 50.4 Å². The normalized spacial score (nSPS) is 17.6. The number of rotatable bonds is 3. The summed E-state index contributed by atoms with van der Waals surface area (Å²) in [5, 5.41) is 13.4. The summed E-state index contributed by atoms with van der Waals surface area (Å²) < 4.78 is 1.79. The standard InChI is InChI=1S/C17H22N6OS2/c1-9-5-6-10-11(7-9)26-15-13(10)14(24)18-12(19-15)8-25-16-20-21-22-23(16)17(2,3)4/h9H,5-8H2,1-4H3,(H,18,19,24)/t9-/m0/s1. The van der Waals surface area contributed by atoms with Gasteiger partial charge in [-0.15, -0.1) is 16.4 Å². The molecule has 0 radical (unpaired) electrons. The fourth-order valence-electron chi connectivity index (χ4n) is 3.28. The van der Waals surface area contributed by atoms with Gasteiger partial charge in [-0.25, -0.2) is 9.67 Å². The molecule has 3 heterocycles. The Morgan fingerprint density at radius 1 is 1.38 bits per heavy atom. The molecular formula is C17H22N6OS2. The largest absolute Gasteiger partial charge is 0.309 e. The molecule has 0 saturated carbocycles. The van der Waals surface area contributed by atoms with Crippen LogP contribution in [0.25, 0.3) is 10.2 Å². The molecule has 1 atom stereocenters. The Bertz CT molecular complexity index is 1010. The fourth-order valence-corrected chi connectivity index (χ4v) is 5.62. The number of fused-ring (bicyclic) bond motifs is 3. The third kappa shape index (κ3) is 3.18. The van der Waals surface area contributed by atoms with Gasteiger partial charge in [0, 0.05) is 4.88 Å². The van der Waals surface area contributed by atoms with Crippen molar-refractivity contribution in [3.8, 4) is 0 Å². The summed E-state index contributed by atoms with van der Waals surface area (Å²) in [4.78, 5) is 22.5. The predicted molar refractivity (Wildman–Crippen MR) is 104 cm³/mol. The number of aromatic nitrogens is 6. The van der Waals surface area contributed by atoms with Gasteiger partial charge in [-0.05, 0) is 61.9 Å². The van der Waals surface area contributed by atoms with Gasteiger partial charge in [-0.1, -0.05) is 18.7 Å². The Labute approximate surface area is 159 Å². The molecule has 4 rings (SSSR count). The summed E-state index contributed by atoms with van der Waals surface area (Å²) >= 11 is 3.16. The number of aryl methyl sites for hydroxylation is 1. The highest BCUT2D eigenvalue weighted by Gasteiger charge is 2.24. The van der Waals surface area contributed by atoms with Gasteiger partial charge in [0.25, 0.3) is 5.56 Å². The summed E-state index contributed by atoms with van der Waals surface area (Å²) in [6, 6.07) is 0. The van der Waals surface area contributed by atoms with Crippen molar-refractivity contribution in [3.63, 3.8) is 0 Å². The zero-order valence-electron chi connectivity index (χ0n) is 15.4. The van der Waals surface area contributed by atoms with Crippen LogP contribution in [0.3, 0.4) is 0 Å². The fraction of sp³-hybridized carbons (Fsp3) is 0.588. The maximum Gasteiger partial charge on any atom is 0.259 e. The van der Waals surface area contributed by atoms with Gasteiger partial charge in [0.1, 0.15) is 10.7 Å². The number of nitrogens with zero attached hydrogens (tertiary/aromatic N) is 5. The van der Waals surface area contributed by atoms with Crippen LogP contribution in [0.2, 0.25) is 0 Å². The molecule has 0 aromatic carbocycles. The lowest BCUT2D eigenvalue weighted by atomic mass is 9.89. The lowest BCUT2D eigenvalue weighted by molar-refractivity contribution is 0.321. The van der Waals surface area contributed by atoms with Crippen LogP contribution in [-0.2, 0) is 24.1 Å². The maximum atomic E-state index is 12.7. The molecule has 0 amide bonds. The second-order valence-electron chi connectivity index (χ2n) is 7.88. The van der Waals surface area contributed by atoms with Crippen LogP contribution in [0.5, 0.6) is 0 Å². The van der Waals surface area contributed by atoms with Crippen LogP contribution in [-0.4, -0.2) is 30.2 Å². The van der Waals surface area contributed by atoms with Gasteiger partial charge in [-0.2, -0.15) is 0 Å². The molecule has 1 aliphatic rings. The quantitative estimate of drug-likeness (QED) is 0.691. The first-order valence-electron chi connectivity index (χ1n) is 8.78. The van der Waals surface area contributed by atoms with Crippen molar-refractivity contribution in [1.82, 2.24) is 30.2 Å². The predicted octanol–water partition coefficient (Wildman–Crippen LogP) is 3.14. The third-order valence-electron chi connectivity index (χ3n) is 4.63. The molecule has 1 aliphatic carbocycles. The molecular weight excluding hydrogens is 368 g/mol. The van der Waals surface area contributed by atoms with Crippen molar-refractivity contribution in [3.05, 3.63) is 26.6 Å². The Morgan fingerprint density at radius 3 is 2.96 bits per heavy atom. The van der Waals surface area contributed by atoms with E-state index < -0.39 is 0 Å². The van der Waals surface area contributed by atoms with Crippen molar-refractivity contribution < 1.29 is 0 Å². The molecule has 1 N–H and O–H groups in total. The highest BCUT2D eigenvalue weighted by Crippen LogP contribution is 2.35. The van der Waals surface area contributed by atoms with E-state index in [1.54, 1.807) is 16.0 Å². The minimum atomic E-state index is -0.194. The van der Waals surface area contributed by atoms with Crippen LogP contribution < -0.4 is 5.56 Å². The van der Waals surface area contributed by atoms with Gasteiger partial charge in [0.05, 0.1) is 16.7 Å². The van der Waals surface area contributed by atoms with Crippen molar-refractivity contribution >= 4 is 33.3 Å². The van der Waals surface area contributed by atoms with E-state index in [4.69, 9.17) is 4.98 Å². The molecule has 0 aliphatic heterocycles. The monoisotopic (exact) mass is 390 g/mol. The number of thioether (sulfide) groups is 1. The highest BCUT2D eigenvalue weighted by molar-refractivity contribution is 7.98. The Hall–Kier alpha value is -1.74. The molecule has 3 aromatic rings. The number of aromatic amines is 1. The van der Waals surface area contributed by atoms with Crippen LogP contribution in [0, 0.1) is 5.92 Å². The second-order valence-corrected chi connectivity index (χ2v) is 9.90. The highest BCUT2D eigenvalue weighted by atomic mass is 32.2. The average molecular weight is 391 g/mol. The maximum absolute atomic E-state index is 12.7. The number of hydrogen-bond acceptors (Lipinski definition) is 7.